The van der Waals surface area contributed by atoms with Crippen LogP contribution in [0.1, 0.15) is 25.0 Å². The van der Waals surface area contributed by atoms with Crippen LogP contribution in [0.25, 0.3) is 0 Å². The van der Waals surface area contributed by atoms with Crippen molar-refractivity contribution in [2.75, 3.05) is 20.2 Å². The van der Waals surface area contributed by atoms with Gasteiger partial charge >= 0.3 is 0 Å². The molecule has 1 aliphatic rings. The molecule has 0 saturated carbocycles. The smallest absolute Gasteiger partial charge is 0.232 e. The lowest BCUT2D eigenvalue weighted by atomic mass is 10.0. The van der Waals surface area contributed by atoms with Crippen molar-refractivity contribution in [3.05, 3.63) is 18.1 Å². The Morgan fingerprint density at radius 2 is 2.35 bits per heavy atom. The first kappa shape index (κ1) is 12.6. The Bertz CT molecular complexity index is 361. The van der Waals surface area contributed by atoms with Gasteiger partial charge in [0.15, 0.2) is 0 Å². The third-order valence-corrected chi connectivity index (χ3v) is 3.42. The number of aromatic nitrogens is 2. The van der Waals surface area contributed by atoms with Crippen LogP contribution in [-0.4, -0.2) is 41.1 Å². The van der Waals surface area contributed by atoms with Gasteiger partial charge in [-0.15, -0.1) is 11.6 Å². The van der Waals surface area contributed by atoms with Crippen LogP contribution in [0.2, 0.25) is 0 Å². The van der Waals surface area contributed by atoms with Crippen LogP contribution in [0.4, 0.5) is 0 Å². The van der Waals surface area contributed by atoms with Crippen molar-refractivity contribution in [1.82, 2.24) is 14.9 Å². The first-order valence-electron chi connectivity index (χ1n) is 5.99. The van der Waals surface area contributed by atoms with Crippen molar-refractivity contribution in [2.24, 2.45) is 0 Å². The monoisotopic (exact) mass is 255 g/mol. The Morgan fingerprint density at radius 1 is 1.47 bits per heavy atom. The minimum absolute atomic E-state index is 0.369. The van der Waals surface area contributed by atoms with E-state index in [1.165, 1.54) is 19.3 Å². The molecule has 94 valence electrons. The standard InChI is InChI=1S/C12H18ClN3O/c1-16-5-3-2-4-11(16)9-17-12-8-14-7-10(6-13)15-12/h7-8,11H,2-6,9H2,1H3. The second kappa shape index (κ2) is 6.17. The summed E-state index contributed by atoms with van der Waals surface area (Å²) < 4.78 is 5.68. The summed E-state index contributed by atoms with van der Waals surface area (Å²) in [6, 6.07) is 0.491. The van der Waals surface area contributed by atoms with Gasteiger partial charge in [0.25, 0.3) is 0 Å². The summed E-state index contributed by atoms with van der Waals surface area (Å²) in [5.74, 6) is 0.940. The molecule has 1 saturated heterocycles. The minimum Gasteiger partial charge on any atom is -0.475 e. The molecule has 2 rings (SSSR count). The van der Waals surface area contributed by atoms with Gasteiger partial charge in [-0.1, -0.05) is 6.42 Å². The number of hydrogen-bond donors (Lipinski definition) is 0. The molecule has 0 aromatic carbocycles. The molecular formula is C12H18ClN3O. The summed E-state index contributed by atoms with van der Waals surface area (Å²) in [5.41, 5.74) is 0.751. The quantitative estimate of drug-likeness (QED) is 0.772. The van der Waals surface area contributed by atoms with Crippen LogP contribution >= 0.6 is 11.6 Å². The van der Waals surface area contributed by atoms with E-state index in [9.17, 15) is 0 Å². The SMILES string of the molecule is CN1CCCCC1COc1cncc(CCl)n1. The average molecular weight is 256 g/mol. The highest BCUT2D eigenvalue weighted by atomic mass is 35.5. The maximum Gasteiger partial charge on any atom is 0.232 e. The zero-order chi connectivity index (χ0) is 12.1. The summed E-state index contributed by atoms with van der Waals surface area (Å²) in [4.78, 5) is 10.7. The van der Waals surface area contributed by atoms with E-state index in [0.29, 0.717) is 24.4 Å². The second-order valence-corrected chi connectivity index (χ2v) is 4.69. The van der Waals surface area contributed by atoms with E-state index in [1.54, 1.807) is 12.4 Å². The Balaban J connectivity index is 1.88. The molecule has 1 aromatic rings. The Labute approximate surface area is 107 Å². The van der Waals surface area contributed by atoms with E-state index in [4.69, 9.17) is 16.3 Å². The van der Waals surface area contributed by atoms with E-state index < -0.39 is 0 Å². The van der Waals surface area contributed by atoms with Gasteiger partial charge in [-0.05, 0) is 26.4 Å². The lowest BCUT2D eigenvalue weighted by molar-refractivity contribution is 0.122. The van der Waals surface area contributed by atoms with E-state index in [0.717, 1.165) is 12.2 Å². The fourth-order valence-electron chi connectivity index (χ4n) is 2.06. The van der Waals surface area contributed by atoms with Crippen molar-refractivity contribution in [2.45, 2.75) is 31.2 Å². The van der Waals surface area contributed by atoms with E-state index in [2.05, 4.69) is 21.9 Å². The molecule has 1 aliphatic heterocycles. The molecule has 1 atom stereocenters. The fraction of sp³-hybridized carbons (Fsp3) is 0.667. The molecule has 1 fully saturated rings. The molecule has 1 unspecified atom stereocenters. The second-order valence-electron chi connectivity index (χ2n) is 4.42. The number of hydrogen-bond acceptors (Lipinski definition) is 4. The van der Waals surface area contributed by atoms with Crippen LogP contribution in [0, 0.1) is 0 Å². The maximum atomic E-state index is 5.70. The number of nitrogens with zero attached hydrogens (tertiary/aromatic N) is 3. The molecule has 1 aromatic heterocycles. The molecule has 4 nitrogen and oxygen atoms in total. The number of rotatable bonds is 4. The van der Waals surface area contributed by atoms with Crippen molar-refractivity contribution in [3.63, 3.8) is 0 Å². The topological polar surface area (TPSA) is 38.2 Å². The predicted molar refractivity (Wildman–Crippen MR) is 67.4 cm³/mol. The Morgan fingerprint density at radius 3 is 3.12 bits per heavy atom. The number of likely N-dealkylation sites (N-methyl/N-ethyl adjacent to an activating group) is 1. The number of piperidine rings is 1. The lowest BCUT2D eigenvalue weighted by Gasteiger charge is -2.31. The molecule has 2 heterocycles. The van der Waals surface area contributed by atoms with Gasteiger partial charge in [0, 0.05) is 12.2 Å². The van der Waals surface area contributed by atoms with Crippen LogP contribution in [-0.2, 0) is 5.88 Å². The number of halogens is 1. The van der Waals surface area contributed by atoms with Gasteiger partial charge in [-0.3, -0.25) is 4.98 Å². The van der Waals surface area contributed by atoms with E-state index in [1.807, 2.05) is 0 Å². The maximum absolute atomic E-state index is 5.70. The zero-order valence-corrected chi connectivity index (χ0v) is 10.9. The summed E-state index contributed by atoms with van der Waals surface area (Å²) in [7, 11) is 2.15. The minimum atomic E-state index is 0.369. The van der Waals surface area contributed by atoms with Crippen molar-refractivity contribution in [3.8, 4) is 5.88 Å². The highest BCUT2D eigenvalue weighted by Gasteiger charge is 2.19. The van der Waals surface area contributed by atoms with Gasteiger partial charge in [0.1, 0.15) is 6.61 Å². The number of likely N-dealkylation sites (tertiary alicyclic amines) is 1. The molecule has 0 radical (unpaired) electrons. The van der Waals surface area contributed by atoms with Crippen LogP contribution in [0.3, 0.4) is 0 Å². The van der Waals surface area contributed by atoms with Gasteiger partial charge in [-0.2, -0.15) is 0 Å². The molecule has 5 heteroatoms. The molecule has 0 amide bonds. The van der Waals surface area contributed by atoms with E-state index in [-0.39, 0.29) is 0 Å². The molecule has 0 bridgehead atoms. The largest absolute Gasteiger partial charge is 0.475 e. The first-order chi connectivity index (χ1) is 8.29. The van der Waals surface area contributed by atoms with Crippen molar-refractivity contribution >= 4 is 11.6 Å². The Kier molecular flexibility index (Phi) is 4.57. The summed E-state index contributed by atoms with van der Waals surface area (Å²) in [5, 5.41) is 0. The fourth-order valence-corrected chi connectivity index (χ4v) is 2.19. The molecule has 0 N–H and O–H groups in total. The lowest BCUT2D eigenvalue weighted by Crippen LogP contribution is -2.40. The Hall–Kier alpha value is -0.870. The first-order valence-corrected chi connectivity index (χ1v) is 6.53. The predicted octanol–water partition coefficient (Wildman–Crippen LogP) is 2.08. The summed E-state index contributed by atoms with van der Waals surface area (Å²) >= 11 is 5.70. The molecule has 17 heavy (non-hydrogen) atoms. The van der Waals surface area contributed by atoms with Gasteiger partial charge in [-0.25, -0.2) is 4.98 Å². The molecular weight excluding hydrogens is 238 g/mol. The summed E-state index contributed by atoms with van der Waals surface area (Å²) in [6.07, 6.45) is 7.06. The van der Waals surface area contributed by atoms with Crippen LogP contribution < -0.4 is 4.74 Å². The third-order valence-electron chi connectivity index (χ3n) is 3.14. The molecule has 0 aliphatic carbocycles. The normalized spacial score (nSPS) is 21.4. The highest BCUT2D eigenvalue weighted by molar-refractivity contribution is 6.16. The van der Waals surface area contributed by atoms with E-state index >= 15 is 0 Å². The van der Waals surface area contributed by atoms with Gasteiger partial charge < -0.3 is 9.64 Å². The number of ether oxygens (including phenoxy) is 1. The van der Waals surface area contributed by atoms with Crippen LogP contribution in [0.5, 0.6) is 5.88 Å². The third kappa shape index (κ3) is 3.54. The van der Waals surface area contributed by atoms with Crippen LogP contribution in [0.15, 0.2) is 12.4 Å². The van der Waals surface area contributed by atoms with Gasteiger partial charge in [0.2, 0.25) is 5.88 Å². The average Bonchev–Trinajstić information content (AvgIpc) is 2.38. The zero-order valence-electron chi connectivity index (χ0n) is 10.1. The number of alkyl halides is 1. The summed E-state index contributed by atoms with van der Waals surface area (Å²) in [6.45, 7) is 1.83. The molecule has 0 spiro atoms. The van der Waals surface area contributed by atoms with Crippen molar-refractivity contribution in [1.29, 1.82) is 0 Å². The van der Waals surface area contributed by atoms with Crippen molar-refractivity contribution < 1.29 is 4.74 Å². The van der Waals surface area contributed by atoms with Gasteiger partial charge in [0.05, 0.1) is 17.8 Å². The highest BCUT2D eigenvalue weighted by Crippen LogP contribution is 2.16.